The number of phenolic OH excluding ortho intramolecular Hbond substituents is 1. The van der Waals surface area contributed by atoms with Gasteiger partial charge in [-0.25, -0.2) is 8.42 Å². The number of carboxylic acids is 1. The molecule has 8 nitrogen and oxygen atoms in total. The summed E-state index contributed by atoms with van der Waals surface area (Å²) in [6.07, 6.45) is 0.563. The number of para-hydroxylation sites is 1. The van der Waals surface area contributed by atoms with Crippen LogP contribution >= 0.6 is 11.6 Å². The van der Waals surface area contributed by atoms with Crippen molar-refractivity contribution >= 4 is 38.9 Å². The molecule has 0 aromatic heterocycles. The number of carbonyl (C=O) groups excluding carboxylic acids is 1. The molecule has 0 fully saturated rings. The van der Waals surface area contributed by atoms with Gasteiger partial charge in [-0.05, 0) is 46.7 Å². The normalized spacial score (nSPS) is 19.9. The van der Waals surface area contributed by atoms with E-state index in [0.29, 0.717) is 23.4 Å². The Bertz CT molecular complexity index is 1660. The number of ketones is 1. The third-order valence-electron chi connectivity index (χ3n) is 7.46. The lowest BCUT2D eigenvalue weighted by Crippen LogP contribution is -2.33. The molecule has 10 heteroatoms. The second kappa shape index (κ2) is 10.9. The number of nitrogens with one attached hydrogen (secondary N) is 1. The van der Waals surface area contributed by atoms with Gasteiger partial charge < -0.3 is 20.3 Å². The standard InChI is InChI=1S/C31H30ClNO7S/c1-31(2)14-23-28(25(35)15-31)27(20-12-11-19(13-22(20)32)40-16-18-7-4-3-5-8-18)30(41(38,39)17-26(36)37)21-9-6-10-24(34)29(21)33-23/h3-13,27,30,33-34H,14-17H2,1-2H3,(H,36,37). The van der Waals surface area contributed by atoms with E-state index in [1.54, 1.807) is 18.2 Å². The number of aromatic hydroxyl groups is 1. The van der Waals surface area contributed by atoms with Crippen LogP contribution in [0.25, 0.3) is 0 Å². The Labute approximate surface area is 243 Å². The van der Waals surface area contributed by atoms with Gasteiger partial charge in [0.15, 0.2) is 15.6 Å². The van der Waals surface area contributed by atoms with Crippen LogP contribution in [-0.4, -0.2) is 36.1 Å². The third kappa shape index (κ3) is 5.83. The Balaban J connectivity index is 1.70. The molecule has 41 heavy (non-hydrogen) atoms. The molecular weight excluding hydrogens is 566 g/mol. The van der Waals surface area contributed by atoms with Crippen LogP contribution in [0.5, 0.6) is 11.5 Å². The van der Waals surface area contributed by atoms with Crippen LogP contribution in [0.2, 0.25) is 5.02 Å². The van der Waals surface area contributed by atoms with E-state index in [1.807, 2.05) is 44.2 Å². The van der Waals surface area contributed by atoms with Crippen LogP contribution in [0.15, 0.2) is 78.0 Å². The van der Waals surface area contributed by atoms with Crippen LogP contribution in [0, 0.1) is 5.41 Å². The fourth-order valence-corrected chi connectivity index (χ4v) is 7.88. The first kappa shape index (κ1) is 28.7. The lowest BCUT2D eigenvalue weighted by atomic mass is 9.71. The first-order valence-corrected chi connectivity index (χ1v) is 15.2. The Hall–Kier alpha value is -3.82. The number of allylic oxidation sites excluding steroid dienone is 2. The zero-order valence-corrected chi connectivity index (χ0v) is 24.1. The predicted molar refractivity (Wildman–Crippen MR) is 156 cm³/mol. The molecule has 1 aliphatic carbocycles. The molecular formula is C31H30ClNO7S. The minimum atomic E-state index is -4.44. The Morgan fingerprint density at radius 3 is 2.46 bits per heavy atom. The summed E-state index contributed by atoms with van der Waals surface area (Å²) in [5.41, 5.74) is 1.85. The van der Waals surface area contributed by atoms with Gasteiger partial charge in [0.25, 0.3) is 0 Å². The topological polar surface area (TPSA) is 130 Å². The largest absolute Gasteiger partial charge is 0.506 e. The molecule has 0 radical (unpaired) electrons. The summed E-state index contributed by atoms with van der Waals surface area (Å²) in [6.45, 7) is 4.16. The zero-order valence-electron chi connectivity index (χ0n) is 22.6. The molecule has 0 bridgehead atoms. The second-order valence-corrected chi connectivity index (χ2v) is 13.8. The number of rotatable bonds is 7. The van der Waals surface area contributed by atoms with Gasteiger partial charge in [-0.3, -0.25) is 9.59 Å². The number of fused-ring (bicyclic) bond motifs is 1. The summed E-state index contributed by atoms with van der Waals surface area (Å²) >= 11 is 6.82. The van der Waals surface area contributed by atoms with E-state index in [0.717, 1.165) is 5.56 Å². The summed E-state index contributed by atoms with van der Waals surface area (Å²) in [4.78, 5) is 25.5. The molecule has 2 atom stereocenters. The SMILES string of the molecule is CC1(C)CC(=O)C2=C(C1)Nc1c(O)cccc1C(S(=O)(=O)CC(=O)O)C2c1ccc(OCc2ccccc2)cc1Cl. The lowest BCUT2D eigenvalue weighted by Gasteiger charge is -2.35. The average molecular weight is 596 g/mol. The van der Waals surface area contributed by atoms with E-state index in [9.17, 15) is 28.2 Å². The number of hydrogen-bond donors (Lipinski definition) is 3. The van der Waals surface area contributed by atoms with Crippen LogP contribution in [0.3, 0.4) is 0 Å². The van der Waals surface area contributed by atoms with Crippen molar-refractivity contribution in [3.63, 3.8) is 0 Å². The van der Waals surface area contributed by atoms with Gasteiger partial charge in [0, 0.05) is 28.6 Å². The molecule has 3 aromatic carbocycles. The van der Waals surface area contributed by atoms with Crippen LogP contribution < -0.4 is 10.1 Å². The minimum Gasteiger partial charge on any atom is -0.506 e. The van der Waals surface area contributed by atoms with E-state index in [1.165, 1.54) is 18.2 Å². The molecule has 1 aliphatic heterocycles. The first-order valence-electron chi connectivity index (χ1n) is 13.1. The highest BCUT2D eigenvalue weighted by molar-refractivity contribution is 7.92. The summed E-state index contributed by atoms with van der Waals surface area (Å²) in [6, 6.07) is 18.8. The number of benzene rings is 3. The van der Waals surface area contributed by atoms with Crippen molar-refractivity contribution in [1.82, 2.24) is 0 Å². The van der Waals surface area contributed by atoms with Crippen molar-refractivity contribution in [2.24, 2.45) is 5.41 Å². The maximum Gasteiger partial charge on any atom is 0.318 e. The quantitative estimate of drug-likeness (QED) is 0.283. The van der Waals surface area contributed by atoms with Gasteiger partial charge in [0.1, 0.15) is 29.1 Å². The molecule has 2 aliphatic rings. The molecule has 214 valence electrons. The fourth-order valence-electron chi connectivity index (χ4n) is 5.79. The molecule has 0 saturated heterocycles. The van der Waals surface area contributed by atoms with Crippen molar-refractivity contribution in [3.05, 3.63) is 99.7 Å². The summed E-state index contributed by atoms with van der Waals surface area (Å²) in [5.74, 6) is -3.86. The monoisotopic (exact) mass is 595 g/mol. The van der Waals surface area contributed by atoms with E-state index in [2.05, 4.69) is 5.32 Å². The number of phenols is 1. The number of carbonyl (C=O) groups is 2. The highest BCUT2D eigenvalue weighted by Crippen LogP contribution is 2.55. The smallest absolute Gasteiger partial charge is 0.318 e. The third-order valence-corrected chi connectivity index (χ3v) is 9.73. The minimum absolute atomic E-state index is 0.130. The number of aliphatic carboxylic acids is 1. The van der Waals surface area contributed by atoms with Crippen molar-refractivity contribution in [2.45, 2.75) is 44.5 Å². The van der Waals surface area contributed by atoms with Gasteiger partial charge in [-0.2, -0.15) is 0 Å². The average Bonchev–Trinajstić information content (AvgIpc) is 3.02. The number of Topliss-reactive ketones (excluding diaryl/α,β-unsaturated/α-hetero) is 1. The molecule has 5 rings (SSSR count). The van der Waals surface area contributed by atoms with Gasteiger partial charge in [-0.15, -0.1) is 0 Å². The van der Waals surface area contributed by atoms with E-state index in [-0.39, 0.29) is 46.4 Å². The number of anilines is 1. The number of halogens is 1. The van der Waals surface area contributed by atoms with Crippen molar-refractivity contribution in [1.29, 1.82) is 0 Å². The zero-order chi connectivity index (χ0) is 29.5. The van der Waals surface area contributed by atoms with Crippen molar-refractivity contribution in [3.8, 4) is 11.5 Å². The molecule has 1 heterocycles. The van der Waals surface area contributed by atoms with Gasteiger partial charge in [-0.1, -0.05) is 74.0 Å². The van der Waals surface area contributed by atoms with Crippen LogP contribution in [-0.2, 0) is 26.0 Å². The molecule has 3 N–H and O–H groups in total. The Morgan fingerprint density at radius 2 is 1.78 bits per heavy atom. The Kier molecular flexibility index (Phi) is 7.61. The summed E-state index contributed by atoms with van der Waals surface area (Å²) in [5, 5.41) is 22.2. The van der Waals surface area contributed by atoms with E-state index in [4.69, 9.17) is 16.3 Å². The number of ether oxygens (including phenoxy) is 1. The maximum atomic E-state index is 13.9. The van der Waals surface area contributed by atoms with Crippen LogP contribution in [0.4, 0.5) is 5.69 Å². The van der Waals surface area contributed by atoms with E-state index < -0.39 is 38.1 Å². The first-order chi connectivity index (χ1) is 19.4. The highest BCUT2D eigenvalue weighted by atomic mass is 35.5. The second-order valence-electron chi connectivity index (χ2n) is 11.3. The predicted octanol–water partition coefficient (Wildman–Crippen LogP) is 6.02. The maximum absolute atomic E-state index is 13.9. The lowest BCUT2D eigenvalue weighted by molar-refractivity contribution is -0.134. The summed E-state index contributed by atoms with van der Waals surface area (Å²) in [7, 11) is -4.44. The molecule has 0 saturated carbocycles. The van der Waals surface area contributed by atoms with Crippen molar-refractivity contribution < 1.29 is 33.0 Å². The highest BCUT2D eigenvalue weighted by Gasteiger charge is 2.48. The van der Waals surface area contributed by atoms with E-state index >= 15 is 0 Å². The molecule has 0 spiro atoms. The molecule has 3 aromatic rings. The van der Waals surface area contributed by atoms with Gasteiger partial charge >= 0.3 is 5.97 Å². The van der Waals surface area contributed by atoms with Gasteiger partial charge in [0.05, 0.1) is 5.69 Å². The number of hydrogen-bond acceptors (Lipinski definition) is 7. The number of sulfone groups is 1. The Morgan fingerprint density at radius 1 is 1.05 bits per heavy atom. The molecule has 2 unspecified atom stereocenters. The van der Waals surface area contributed by atoms with Gasteiger partial charge in [0.2, 0.25) is 0 Å². The molecule has 0 amide bonds. The summed E-state index contributed by atoms with van der Waals surface area (Å²) < 4.78 is 33.6. The number of carboxylic acid groups (broad SMARTS) is 1. The fraction of sp³-hybridized carbons (Fsp3) is 0.290. The van der Waals surface area contributed by atoms with Crippen LogP contribution in [0.1, 0.15) is 54.5 Å². The van der Waals surface area contributed by atoms with Crippen molar-refractivity contribution in [2.75, 3.05) is 11.1 Å².